The molecule has 1 aliphatic heterocycles. The lowest BCUT2D eigenvalue weighted by molar-refractivity contribution is 0.0692. The monoisotopic (exact) mass is 391 g/mol. The number of fused-ring (bicyclic) bond motifs is 2. The van der Waals surface area contributed by atoms with E-state index in [0.717, 1.165) is 35.8 Å². The highest BCUT2D eigenvalue weighted by Crippen LogP contribution is 2.40. The number of hydrogen-bond donors (Lipinski definition) is 1. The van der Waals surface area contributed by atoms with Crippen LogP contribution in [-0.4, -0.2) is 44.4 Å². The highest BCUT2D eigenvalue weighted by molar-refractivity contribution is 7.13. The molecular weight excluding hydrogens is 370 g/mol. The standard InChI is InChI=1S/C21H21N5OS/c1-13-4-5-18(24-11-13)25-16-9-14-10-17(16)26(12-14)21(27)15-3-2-6-22-19(15)20-23-7-8-28-20/h2-8,11,14,16-17H,9-10,12H2,1H3,(H,24,25). The van der Waals surface area contributed by atoms with Gasteiger partial charge in [-0.2, -0.15) is 0 Å². The Bertz CT molecular complexity index is 988. The average molecular weight is 392 g/mol. The van der Waals surface area contributed by atoms with Gasteiger partial charge in [0.1, 0.15) is 16.5 Å². The van der Waals surface area contributed by atoms with E-state index in [4.69, 9.17) is 0 Å². The summed E-state index contributed by atoms with van der Waals surface area (Å²) in [6, 6.07) is 8.17. The Labute approximate surface area is 167 Å². The Balaban J connectivity index is 1.39. The van der Waals surface area contributed by atoms with Crippen LogP contribution >= 0.6 is 11.3 Å². The molecule has 3 unspecified atom stereocenters. The molecule has 28 heavy (non-hydrogen) atoms. The summed E-state index contributed by atoms with van der Waals surface area (Å²) < 4.78 is 0. The molecule has 0 aromatic carbocycles. The van der Waals surface area contributed by atoms with Crippen molar-refractivity contribution >= 4 is 23.1 Å². The van der Waals surface area contributed by atoms with Crippen molar-refractivity contribution in [3.63, 3.8) is 0 Å². The topological polar surface area (TPSA) is 71.0 Å². The molecule has 1 saturated carbocycles. The zero-order valence-electron chi connectivity index (χ0n) is 15.6. The first-order valence-corrected chi connectivity index (χ1v) is 10.4. The van der Waals surface area contributed by atoms with Crippen LogP contribution in [0.25, 0.3) is 10.7 Å². The number of carbonyl (C=O) groups excluding carboxylic acids is 1. The van der Waals surface area contributed by atoms with Crippen molar-refractivity contribution in [2.45, 2.75) is 31.8 Å². The lowest BCUT2D eigenvalue weighted by Gasteiger charge is -2.34. The minimum absolute atomic E-state index is 0.0502. The lowest BCUT2D eigenvalue weighted by Crippen LogP contribution is -2.47. The van der Waals surface area contributed by atoms with Crippen molar-refractivity contribution < 1.29 is 4.79 Å². The van der Waals surface area contributed by atoms with Gasteiger partial charge in [0, 0.05) is 36.6 Å². The van der Waals surface area contributed by atoms with Gasteiger partial charge in [-0.15, -0.1) is 11.3 Å². The molecule has 5 rings (SSSR count). The van der Waals surface area contributed by atoms with Crippen LogP contribution in [0.2, 0.25) is 0 Å². The smallest absolute Gasteiger partial charge is 0.256 e. The van der Waals surface area contributed by atoms with Crippen LogP contribution < -0.4 is 5.32 Å². The normalized spacial score (nSPS) is 23.2. The highest BCUT2D eigenvalue weighted by Gasteiger charge is 2.47. The Morgan fingerprint density at radius 2 is 2.11 bits per heavy atom. The zero-order chi connectivity index (χ0) is 19.1. The molecule has 4 heterocycles. The molecule has 1 N–H and O–H groups in total. The van der Waals surface area contributed by atoms with Gasteiger partial charge in [0.25, 0.3) is 5.91 Å². The largest absolute Gasteiger partial charge is 0.365 e. The Hall–Kier alpha value is -2.80. The minimum Gasteiger partial charge on any atom is -0.365 e. The summed E-state index contributed by atoms with van der Waals surface area (Å²) >= 11 is 1.50. The van der Waals surface area contributed by atoms with Crippen LogP contribution in [-0.2, 0) is 0 Å². The van der Waals surface area contributed by atoms with Gasteiger partial charge in [-0.3, -0.25) is 9.78 Å². The first-order chi connectivity index (χ1) is 13.7. The van der Waals surface area contributed by atoms with Crippen molar-refractivity contribution in [2.24, 2.45) is 5.92 Å². The summed E-state index contributed by atoms with van der Waals surface area (Å²) in [5.74, 6) is 1.46. The van der Waals surface area contributed by atoms with Crippen LogP contribution in [0.5, 0.6) is 0 Å². The molecule has 7 heteroatoms. The second kappa shape index (κ2) is 6.98. The fourth-order valence-electron chi connectivity index (χ4n) is 4.40. The molecule has 1 aliphatic carbocycles. The van der Waals surface area contributed by atoms with E-state index in [0.29, 0.717) is 17.2 Å². The highest BCUT2D eigenvalue weighted by atomic mass is 32.1. The van der Waals surface area contributed by atoms with Crippen LogP contribution in [0.15, 0.2) is 48.2 Å². The summed E-state index contributed by atoms with van der Waals surface area (Å²) in [4.78, 5) is 28.7. The molecule has 2 fully saturated rings. The quantitative estimate of drug-likeness (QED) is 0.735. The van der Waals surface area contributed by atoms with Crippen LogP contribution in [0.1, 0.15) is 28.8 Å². The van der Waals surface area contributed by atoms with Crippen LogP contribution in [0.4, 0.5) is 5.82 Å². The van der Waals surface area contributed by atoms with Gasteiger partial charge >= 0.3 is 0 Å². The van der Waals surface area contributed by atoms with Gasteiger partial charge in [0.15, 0.2) is 0 Å². The SMILES string of the molecule is Cc1ccc(NC2CC3CC2N(C(=O)c2cccnc2-c2nccs2)C3)nc1. The van der Waals surface area contributed by atoms with E-state index in [9.17, 15) is 4.79 Å². The second-order valence-electron chi connectivity index (χ2n) is 7.57. The maximum atomic E-state index is 13.4. The van der Waals surface area contributed by atoms with Crippen molar-refractivity contribution in [3.05, 3.63) is 59.4 Å². The van der Waals surface area contributed by atoms with Gasteiger partial charge in [0.2, 0.25) is 0 Å². The third-order valence-electron chi connectivity index (χ3n) is 5.66. The number of anilines is 1. The number of aryl methyl sites for hydroxylation is 1. The maximum Gasteiger partial charge on any atom is 0.256 e. The molecule has 0 radical (unpaired) electrons. The number of carbonyl (C=O) groups is 1. The number of hydrogen-bond acceptors (Lipinski definition) is 6. The maximum absolute atomic E-state index is 13.4. The first kappa shape index (κ1) is 17.3. The molecule has 3 aromatic rings. The van der Waals surface area contributed by atoms with Crippen molar-refractivity contribution in [3.8, 4) is 10.7 Å². The van der Waals surface area contributed by atoms with Gasteiger partial charge in [-0.1, -0.05) is 6.07 Å². The summed E-state index contributed by atoms with van der Waals surface area (Å²) in [7, 11) is 0. The van der Waals surface area contributed by atoms with Gasteiger partial charge in [-0.05, 0) is 49.4 Å². The number of aromatic nitrogens is 3. The summed E-state index contributed by atoms with van der Waals surface area (Å²) in [5, 5.41) is 6.24. The minimum atomic E-state index is 0.0502. The van der Waals surface area contributed by atoms with Gasteiger partial charge < -0.3 is 10.2 Å². The number of nitrogens with zero attached hydrogens (tertiary/aromatic N) is 4. The van der Waals surface area contributed by atoms with E-state index in [2.05, 4.69) is 26.3 Å². The molecular formula is C21H21N5OS. The molecule has 1 amide bonds. The van der Waals surface area contributed by atoms with Crippen LogP contribution in [0, 0.1) is 12.8 Å². The zero-order valence-corrected chi connectivity index (χ0v) is 16.4. The number of piperidine rings is 1. The van der Waals surface area contributed by atoms with Crippen molar-refractivity contribution in [2.75, 3.05) is 11.9 Å². The van der Waals surface area contributed by atoms with E-state index >= 15 is 0 Å². The first-order valence-electron chi connectivity index (χ1n) is 9.54. The van der Waals surface area contributed by atoms with E-state index in [-0.39, 0.29) is 18.0 Å². The van der Waals surface area contributed by atoms with E-state index in [1.807, 2.05) is 41.6 Å². The van der Waals surface area contributed by atoms with E-state index in [1.54, 1.807) is 12.4 Å². The van der Waals surface area contributed by atoms with E-state index in [1.165, 1.54) is 11.3 Å². The van der Waals surface area contributed by atoms with Crippen molar-refractivity contribution in [1.29, 1.82) is 0 Å². The predicted molar refractivity (Wildman–Crippen MR) is 109 cm³/mol. The molecule has 1 saturated heterocycles. The molecule has 6 nitrogen and oxygen atoms in total. The van der Waals surface area contributed by atoms with Gasteiger partial charge in [-0.25, -0.2) is 9.97 Å². The number of thiazole rings is 1. The fourth-order valence-corrected chi connectivity index (χ4v) is 5.05. The summed E-state index contributed by atoms with van der Waals surface area (Å²) in [6.45, 7) is 2.85. The lowest BCUT2D eigenvalue weighted by atomic mass is 10.0. The Morgan fingerprint density at radius 1 is 1.18 bits per heavy atom. The number of pyridine rings is 2. The molecule has 142 valence electrons. The second-order valence-corrected chi connectivity index (χ2v) is 8.47. The third kappa shape index (κ3) is 3.05. The number of rotatable bonds is 4. The number of amides is 1. The molecule has 2 bridgehead atoms. The van der Waals surface area contributed by atoms with Gasteiger partial charge in [0.05, 0.1) is 11.6 Å². The molecule has 3 aromatic heterocycles. The van der Waals surface area contributed by atoms with Crippen molar-refractivity contribution in [1.82, 2.24) is 19.9 Å². The molecule has 2 aliphatic rings. The number of likely N-dealkylation sites (tertiary alicyclic amines) is 1. The molecule has 0 spiro atoms. The fraction of sp³-hybridized carbons (Fsp3) is 0.333. The molecule has 3 atom stereocenters. The number of nitrogens with one attached hydrogen (secondary N) is 1. The third-order valence-corrected chi connectivity index (χ3v) is 6.44. The van der Waals surface area contributed by atoms with E-state index < -0.39 is 0 Å². The Kier molecular flexibility index (Phi) is 4.31. The van der Waals surface area contributed by atoms with Crippen LogP contribution in [0.3, 0.4) is 0 Å². The predicted octanol–water partition coefficient (Wildman–Crippen LogP) is 3.62. The Morgan fingerprint density at radius 3 is 2.86 bits per heavy atom. The average Bonchev–Trinajstić information content (AvgIpc) is 3.46. The summed E-state index contributed by atoms with van der Waals surface area (Å²) in [5.41, 5.74) is 2.45. The summed E-state index contributed by atoms with van der Waals surface area (Å²) in [6.07, 6.45) is 7.46.